The van der Waals surface area contributed by atoms with E-state index in [1.54, 1.807) is 0 Å². The normalized spacial score (nSPS) is 41.5. The topological polar surface area (TPSA) is 99.4 Å². The van der Waals surface area contributed by atoms with E-state index in [1.807, 2.05) is 0 Å². The van der Waals surface area contributed by atoms with Gasteiger partial charge in [0.15, 0.2) is 6.29 Å². The fraction of sp³-hybridized carbons (Fsp3) is 0.778. The van der Waals surface area contributed by atoms with Crippen molar-refractivity contribution in [3.63, 3.8) is 0 Å². The zero-order valence-corrected chi connectivity index (χ0v) is 8.19. The van der Waals surface area contributed by atoms with Crippen LogP contribution in [0.1, 0.15) is 0 Å². The molecule has 88 valence electrons. The maximum absolute atomic E-state index is 9.58. The van der Waals surface area contributed by atoms with Crippen molar-refractivity contribution in [3.05, 3.63) is 12.7 Å². The van der Waals surface area contributed by atoms with E-state index in [-0.39, 0.29) is 6.61 Å². The van der Waals surface area contributed by atoms with Crippen LogP contribution in [0.25, 0.3) is 0 Å². The SMILES string of the molecule is C=CCO[C@@H]1[C@@H](O)[C@H](O)[C@@H](CO)O[C@H]1O. The molecule has 1 saturated heterocycles. The molecule has 1 fully saturated rings. The van der Waals surface area contributed by atoms with Crippen LogP contribution in [0, 0.1) is 0 Å². The number of hydrogen-bond donors (Lipinski definition) is 4. The van der Waals surface area contributed by atoms with Crippen molar-refractivity contribution >= 4 is 0 Å². The molecule has 1 aliphatic rings. The summed E-state index contributed by atoms with van der Waals surface area (Å²) >= 11 is 0. The second kappa shape index (κ2) is 5.55. The molecule has 0 bridgehead atoms. The zero-order valence-electron chi connectivity index (χ0n) is 8.19. The van der Waals surface area contributed by atoms with Crippen LogP contribution in [0.4, 0.5) is 0 Å². The lowest BCUT2D eigenvalue weighted by atomic mass is 9.99. The molecule has 0 saturated carbocycles. The Labute approximate surface area is 87.4 Å². The summed E-state index contributed by atoms with van der Waals surface area (Å²) in [5.41, 5.74) is 0. The lowest BCUT2D eigenvalue weighted by molar-refractivity contribution is -0.294. The fourth-order valence-corrected chi connectivity index (χ4v) is 1.43. The Morgan fingerprint density at radius 1 is 1.27 bits per heavy atom. The van der Waals surface area contributed by atoms with Crippen molar-refractivity contribution in [2.24, 2.45) is 0 Å². The van der Waals surface area contributed by atoms with E-state index >= 15 is 0 Å². The Kier molecular flexibility index (Phi) is 4.65. The molecule has 15 heavy (non-hydrogen) atoms. The minimum Gasteiger partial charge on any atom is -0.394 e. The van der Waals surface area contributed by atoms with Gasteiger partial charge in [-0.2, -0.15) is 0 Å². The predicted octanol–water partition coefficient (Wildman–Crippen LogP) is -2.01. The van der Waals surface area contributed by atoms with Crippen molar-refractivity contribution in [2.75, 3.05) is 13.2 Å². The lowest BCUT2D eigenvalue weighted by Crippen LogP contribution is -2.59. The second-order valence-corrected chi connectivity index (χ2v) is 3.32. The molecule has 5 atom stereocenters. The third-order valence-corrected chi connectivity index (χ3v) is 2.25. The molecule has 0 amide bonds. The Morgan fingerprint density at radius 3 is 2.47 bits per heavy atom. The molecule has 0 unspecified atom stereocenters. The highest BCUT2D eigenvalue weighted by Crippen LogP contribution is 2.21. The summed E-state index contributed by atoms with van der Waals surface area (Å²) in [6, 6.07) is 0. The van der Waals surface area contributed by atoms with Gasteiger partial charge in [0.1, 0.15) is 24.4 Å². The van der Waals surface area contributed by atoms with Crippen LogP contribution < -0.4 is 0 Å². The molecule has 6 nitrogen and oxygen atoms in total. The summed E-state index contributed by atoms with van der Waals surface area (Å²) in [5.74, 6) is 0. The predicted molar refractivity (Wildman–Crippen MR) is 49.9 cm³/mol. The molecule has 1 heterocycles. The van der Waals surface area contributed by atoms with Gasteiger partial charge in [-0.25, -0.2) is 0 Å². The van der Waals surface area contributed by atoms with Crippen molar-refractivity contribution in [3.8, 4) is 0 Å². The van der Waals surface area contributed by atoms with Crippen LogP contribution in [-0.2, 0) is 9.47 Å². The molecule has 0 aromatic rings. The molecule has 4 N–H and O–H groups in total. The van der Waals surface area contributed by atoms with Crippen LogP contribution in [0.2, 0.25) is 0 Å². The Bertz CT molecular complexity index is 209. The maximum atomic E-state index is 9.58. The van der Waals surface area contributed by atoms with Crippen LogP contribution in [0.15, 0.2) is 12.7 Å². The van der Waals surface area contributed by atoms with Gasteiger partial charge in [-0.05, 0) is 0 Å². The van der Waals surface area contributed by atoms with E-state index in [0.717, 1.165) is 0 Å². The lowest BCUT2D eigenvalue weighted by Gasteiger charge is -2.39. The van der Waals surface area contributed by atoms with Crippen molar-refractivity contribution in [1.29, 1.82) is 0 Å². The zero-order chi connectivity index (χ0) is 11.4. The van der Waals surface area contributed by atoms with Crippen molar-refractivity contribution in [1.82, 2.24) is 0 Å². The average molecular weight is 220 g/mol. The van der Waals surface area contributed by atoms with E-state index < -0.39 is 37.3 Å². The summed E-state index contributed by atoms with van der Waals surface area (Å²) in [6.45, 7) is 3.05. The monoisotopic (exact) mass is 220 g/mol. The third kappa shape index (κ3) is 2.75. The molecule has 0 spiro atoms. The van der Waals surface area contributed by atoms with Gasteiger partial charge in [-0.1, -0.05) is 6.08 Å². The molecule has 6 heteroatoms. The minimum atomic E-state index is -1.37. The molecule has 0 aromatic carbocycles. The van der Waals surface area contributed by atoms with E-state index in [1.165, 1.54) is 6.08 Å². The summed E-state index contributed by atoms with van der Waals surface area (Å²) in [5, 5.41) is 37.3. The van der Waals surface area contributed by atoms with Crippen LogP contribution in [-0.4, -0.2) is 64.3 Å². The molecule has 0 aliphatic carbocycles. The highest BCUT2D eigenvalue weighted by molar-refractivity contribution is 4.89. The number of rotatable bonds is 4. The number of aliphatic hydroxyl groups is 4. The number of aliphatic hydroxyl groups excluding tert-OH is 4. The Hall–Kier alpha value is -0.500. The third-order valence-electron chi connectivity index (χ3n) is 2.25. The molecular formula is C9H16O6. The first-order valence-electron chi connectivity index (χ1n) is 4.64. The van der Waals surface area contributed by atoms with Crippen LogP contribution in [0.5, 0.6) is 0 Å². The first-order chi connectivity index (χ1) is 7.11. The molecule has 1 rings (SSSR count). The van der Waals surface area contributed by atoms with Gasteiger partial charge in [0.05, 0.1) is 13.2 Å². The quantitative estimate of drug-likeness (QED) is 0.408. The second-order valence-electron chi connectivity index (χ2n) is 3.32. The standard InChI is InChI=1S/C9H16O6/c1-2-3-14-8-7(12)6(11)5(4-10)15-9(8)13/h2,5-13H,1,3-4H2/t5-,6-,7+,8-,9-/m1/s1. The van der Waals surface area contributed by atoms with Gasteiger partial charge in [0.25, 0.3) is 0 Å². The van der Waals surface area contributed by atoms with E-state index in [2.05, 4.69) is 6.58 Å². The Morgan fingerprint density at radius 2 is 1.93 bits per heavy atom. The molecule has 0 aromatic heterocycles. The van der Waals surface area contributed by atoms with E-state index in [0.29, 0.717) is 0 Å². The average Bonchev–Trinajstić information content (AvgIpc) is 2.23. The van der Waals surface area contributed by atoms with Crippen LogP contribution >= 0.6 is 0 Å². The van der Waals surface area contributed by atoms with Gasteiger partial charge >= 0.3 is 0 Å². The maximum Gasteiger partial charge on any atom is 0.184 e. The summed E-state index contributed by atoms with van der Waals surface area (Å²) in [7, 11) is 0. The highest BCUT2D eigenvalue weighted by atomic mass is 16.7. The van der Waals surface area contributed by atoms with Gasteiger partial charge in [0.2, 0.25) is 0 Å². The summed E-state index contributed by atoms with van der Waals surface area (Å²) < 4.78 is 9.90. The molecule has 0 radical (unpaired) electrons. The Balaban J connectivity index is 2.61. The largest absolute Gasteiger partial charge is 0.394 e. The van der Waals surface area contributed by atoms with Gasteiger partial charge < -0.3 is 29.9 Å². The van der Waals surface area contributed by atoms with Gasteiger partial charge in [0, 0.05) is 0 Å². The van der Waals surface area contributed by atoms with E-state index in [4.69, 9.17) is 14.6 Å². The van der Waals surface area contributed by atoms with Gasteiger partial charge in [-0.15, -0.1) is 6.58 Å². The van der Waals surface area contributed by atoms with Crippen molar-refractivity contribution < 1.29 is 29.9 Å². The number of ether oxygens (including phenoxy) is 2. The van der Waals surface area contributed by atoms with E-state index in [9.17, 15) is 15.3 Å². The summed E-state index contributed by atoms with van der Waals surface area (Å²) in [4.78, 5) is 0. The molecule has 1 aliphatic heterocycles. The molecular weight excluding hydrogens is 204 g/mol. The summed E-state index contributed by atoms with van der Waals surface area (Å²) in [6.07, 6.45) is -4.55. The smallest absolute Gasteiger partial charge is 0.184 e. The number of hydrogen-bond acceptors (Lipinski definition) is 6. The fourth-order valence-electron chi connectivity index (χ4n) is 1.43. The first kappa shape index (κ1) is 12.6. The van der Waals surface area contributed by atoms with Crippen molar-refractivity contribution in [2.45, 2.75) is 30.7 Å². The van der Waals surface area contributed by atoms with Crippen LogP contribution in [0.3, 0.4) is 0 Å². The minimum absolute atomic E-state index is 0.124. The highest BCUT2D eigenvalue weighted by Gasteiger charge is 2.44. The first-order valence-corrected chi connectivity index (χ1v) is 4.64. The van der Waals surface area contributed by atoms with Gasteiger partial charge in [-0.3, -0.25) is 0 Å².